The number of hydrogen-bond acceptors (Lipinski definition) is 7. The number of nitrogens with one attached hydrogen (secondary N) is 2. The first-order chi connectivity index (χ1) is 15.2. The summed E-state index contributed by atoms with van der Waals surface area (Å²) in [5, 5.41) is 14.7. The SMILES string of the molecule is CCn1c(SC(C)C(=O)Nc2nc(C)c(C)s2)nnc1C(C)NC(=O)c1ccccc1F. The molecule has 0 saturated heterocycles. The molecule has 0 radical (unpaired) electrons. The summed E-state index contributed by atoms with van der Waals surface area (Å²) in [5.74, 6) is -0.775. The van der Waals surface area contributed by atoms with Crippen molar-refractivity contribution < 1.29 is 14.0 Å². The van der Waals surface area contributed by atoms with Crippen LogP contribution in [-0.4, -0.2) is 36.8 Å². The van der Waals surface area contributed by atoms with E-state index in [0.29, 0.717) is 22.7 Å². The van der Waals surface area contributed by atoms with Crippen molar-refractivity contribution in [1.82, 2.24) is 25.1 Å². The van der Waals surface area contributed by atoms with E-state index in [4.69, 9.17) is 0 Å². The third-order valence-electron chi connectivity index (χ3n) is 4.83. The van der Waals surface area contributed by atoms with Gasteiger partial charge in [0.25, 0.3) is 5.91 Å². The number of carbonyl (C=O) groups is 2. The van der Waals surface area contributed by atoms with Crippen molar-refractivity contribution in [2.24, 2.45) is 0 Å². The Hall–Kier alpha value is -2.79. The molecular weight excluding hydrogens is 451 g/mol. The second kappa shape index (κ2) is 10.2. The molecule has 170 valence electrons. The Morgan fingerprint density at radius 3 is 2.56 bits per heavy atom. The third kappa shape index (κ3) is 5.33. The molecule has 0 aliphatic carbocycles. The maximum atomic E-state index is 13.9. The maximum Gasteiger partial charge on any atom is 0.254 e. The number of benzene rings is 1. The highest BCUT2D eigenvalue weighted by atomic mass is 32.2. The van der Waals surface area contributed by atoms with E-state index in [0.717, 1.165) is 10.6 Å². The zero-order valence-electron chi connectivity index (χ0n) is 18.5. The number of thioether (sulfide) groups is 1. The molecule has 3 aromatic rings. The molecule has 2 unspecified atom stereocenters. The van der Waals surface area contributed by atoms with Gasteiger partial charge in [-0.25, -0.2) is 9.37 Å². The summed E-state index contributed by atoms with van der Waals surface area (Å²) in [6, 6.07) is 5.29. The molecule has 2 aromatic heterocycles. The van der Waals surface area contributed by atoms with Gasteiger partial charge in [0.05, 0.1) is 22.5 Å². The molecule has 1 aromatic carbocycles. The molecule has 32 heavy (non-hydrogen) atoms. The molecule has 0 aliphatic heterocycles. The standard InChI is InChI=1S/C21H25FN6O2S2/c1-6-28-17(12(3)23-19(30)15-9-7-8-10-16(15)22)26-27-21(28)32-14(5)18(29)25-20-24-11(2)13(4)31-20/h7-10,12,14H,6H2,1-5H3,(H,23,30)(H,24,25,29). The molecule has 2 N–H and O–H groups in total. The Morgan fingerprint density at radius 1 is 1.22 bits per heavy atom. The number of carbonyl (C=O) groups excluding carboxylic acids is 2. The van der Waals surface area contributed by atoms with Crippen molar-refractivity contribution in [1.29, 1.82) is 0 Å². The van der Waals surface area contributed by atoms with Crippen molar-refractivity contribution in [2.75, 3.05) is 5.32 Å². The number of aromatic nitrogens is 4. The second-order valence-electron chi connectivity index (χ2n) is 7.17. The van der Waals surface area contributed by atoms with Crippen LogP contribution in [0.15, 0.2) is 29.4 Å². The number of rotatable bonds is 8. The Bertz CT molecular complexity index is 1110. The fourth-order valence-corrected chi connectivity index (χ4v) is 4.67. The number of anilines is 1. The maximum absolute atomic E-state index is 13.9. The van der Waals surface area contributed by atoms with Crippen LogP contribution in [0.4, 0.5) is 9.52 Å². The fourth-order valence-electron chi connectivity index (χ4n) is 2.93. The van der Waals surface area contributed by atoms with Crippen LogP contribution < -0.4 is 10.6 Å². The molecule has 0 saturated carbocycles. The molecule has 2 amide bonds. The van der Waals surface area contributed by atoms with Gasteiger partial charge in [0, 0.05) is 11.4 Å². The van der Waals surface area contributed by atoms with Crippen LogP contribution in [0.3, 0.4) is 0 Å². The van der Waals surface area contributed by atoms with Crippen LogP contribution in [0.5, 0.6) is 0 Å². The highest BCUT2D eigenvalue weighted by Crippen LogP contribution is 2.27. The van der Waals surface area contributed by atoms with Crippen LogP contribution in [0.25, 0.3) is 0 Å². The lowest BCUT2D eigenvalue weighted by Crippen LogP contribution is -2.29. The third-order valence-corrected chi connectivity index (χ3v) is 6.89. The number of amides is 2. The van der Waals surface area contributed by atoms with Gasteiger partial charge in [-0.1, -0.05) is 23.9 Å². The van der Waals surface area contributed by atoms with Gasteiger partial charge in [0.15, 0.2) is 16.1 Å². The van der Waals surface area contributed by atoms with Crippen molar-refractivity contribution in [2.45, 2.75) is 57.6 Å². The van der Waals surface area contributed by atoms with Crippen molar-refractivity contribution in [3.8, 4) is 0 Å². The summed E-state index contributed by atoms with van der Waals surface area (Å²) in [6.07, 6.45) is 0. The van der Waals surface area contributed by atoms with E-state index in [9.17, 15) is 14.0 Å². The van der Waals surface area contributed by atoms with Crippen LogP contribution in [0, 0.1) is 19.7 Å². The zero-order valence-corrected chi connectivity index (χ0v) is 20.1. The van der Waals surface area contributed by atoms with Gasteiger partial charge in [0.2, 0.25) is 5.91 Å². The lowest BCUT2D eigenvalue weighted by Gasteiger charge is -2.16. The summed E-state index contributed by atoms with van der Waals surface area (Å²) in [7, 11) is 0. The van der Waals surface area contributed by atoms with Crippen molar-refractivity contribution in [3.05, 3.63) is 52.0 Å². The van der Waals surface area contributed by atoms with Crippen LogP contribution in [-0.2, 0) is 11.3 Å². The highest BCUT2D eigenvalue weighted by molar-refractivity contribution is 8.00. The first-order valence-electron chi connectivity index (χ1n) is 10.1. The van der Waals surface area contributed by atoms with Crippen molar-refractivity contribution in [3.63, 3.8) is 0 Å². The van der Waals surface area contributed by atoms with Gasteiger partial charge in [-0.15, -0.1) is 21.5 Å². The number of thiazole rings is 1. The van der Waals surface area contributed by atoms with E-state index in [-0.39, 0.29) is 11.5 Å². The first kappa shape index (κ1) is 23.9. The largest absolute Gasteiger partial charge is 0.342 e. The van der Waals surface area contributed by atoms with Gasteiger partial charge in [-0.3, -0.25) is 9.59 Å². The summed E-state index contributed by atoms with van der Waals surface area (Å²) < 4.78 is 15.7. The van der Waals surface area contributed by atoms with Gasteiger partial charge in [0.1, 0.15) is 5.82 Å². The van der Waals surface area contributed by atoms with Crippen LogP contribution in [0.2, 0.25) is 0 Å². The van der Waals surface area contributed by atoms with E-state index in [2.05, 4.69) is 25.8 Å². The molecule has 2 heterocycles. The molecule has 11 heteroatoms. The molecule has 0 fully saturated rings. The van der Waals surface area contributed by atoms with E-state index in [1.807, 2.05) is 25.3 Å². The molecule has 0 spiro atoms. The summed E-state index contributed by atoms with van der Waals surface area (Å²) in [6.45, 7) is 9.87. The topological polar surface area (TPSA) is 102 Å². The average molecular weight is 477 g/mol. The predicted molar refractivity (Wildman–Crippen MR) is 124 cm³/mol. The summed E-state index contributed by atoms with van der Waals surface area (Å²) in [4.78, 5) is 30.4. The molecule has 0 aliphatic rings. The van der Waals surface area contributed by atoms with Gasteiger partial charge in [-0.2, -0.15) is 0 Å². The Morgan fingerprint density at radius 2 is 1.94 bits per heavy atom. The number of aryl methyl sites for hydroxylation is 2. The van der Waals surface area contributed by atoms with E-state index in [1.54, 1.807) is 19.9 Å². The van der Waals surface area contributed by atoms with Gasteiger partial charge < -0.3 is 15.2 Å². The fraction of sp³-hybridized carbons (Fsp3) is 0.381. The first-order valence-corrected chi connectivity index (χ1v) is 11.8. The number of hydrogen-bond donors (Lipinski definition) is 2. The summed E-state index contributed by atoms with van der Waals surface area (Å²) in [5.41, 5.74) is 0.863. The molecule has 3 rings (SSSR count). The monoisotopic (exact) mass is 476 g/mol. The van der Waals surface area contributed by atoms with Crippen molar-refractivity contribution >= 4 is 40.0 Å². The quantitative estimate of drug-likeness (QED) is 0.474. The minimum atomic E-state index is -0.587. The zero-order chi connectivity index (χ0) is 23.4. The van der Waals surface area contributed by atoms with Gasteiger partial charge >= 0.3 is 0 Å². The Labute approximate surface area is 194 Å². The number of nitrogens with zero attached hydrogens (tertiary/aromatic N) is 4. The minimum absolute atomic E-state index is 0.0329. The van der Waals surface area contributed by atoms with E-state index >= 15 is 0 Å². The molecule has 0 bridgehead atoms. The van der Waals surface area contributed by atoms with E-state index < -0.39 is 23.0 Å². The van der Waals surface area contributed by atoms with Gasteiger partial charge in [-0.05, 0) is 46.8 Å². The smallest absolute Gasteiger partial charge is 0.254 e. The molecule has 2 atom stereocenters. The van der Waals surface area contributed by atoms with Crippen LogP contribution >= 0.6 is 23.1 Å². The number of halogens is 1. The lowest BCUT2D eigenvalue weighted by atomic mass is 10.2. The normalized spacial score (nSPS) is 12.9. The second-order valence-corrected chi connectivity index (χ2v) is 9.68. The molecule has 8 nitrogen and oxygen atoms in total. The predicted octanol–water partition coefficient (Wildman–Crippen LogP) is 4.12. The lowest BCUT2D eigenvalue weighted by molar-refractivity contribution is -0.115. The Kier molecular flexibility index (Phi) is 7.62. The molecular formula is C21H25FN6O2S2. The summed E-state index contributed by atoms with van der Waals surface area (Å²) >= 11 is 2.71. The Balaban J connectivity index is 1.68. The van der Waals surface area contributed by atoms with E-state index in [1.165, 1.54) is 41.3 Å². The minimum Gasteiger partial charge on any atom is -0.342 e. The average Bonchev–Trinajstić information content (AvgIpc) is 3.30. The highest BCUT2D eigenvalue weighted by Gasteiger charge is 2.24. The van der Waals surface area contributed by atoms with Crippen LogP contribution in [0.1, 0.15) is 53.6 Å².